The summed E-state index contributed by atoms with van der Waals surface area (Å²) in [6.45, 7) is 1.73. The Kier molecular flexibility index (Phi) is 4.63. The minimum absolute atomic E-state index is 0.174. The maximum atomic E-state index is 13.0. The third kappa shape index (κ3) is 3.71. The Morgan fingerprint density at radius 2 is 1.90 bits per heavy atom. The number of anilines is 1. The molecule has 5 heteroatoms. The molecule has 2 rings (SSSR count). The van der Waals surface area contributed by atoms with Crippen molar-refractivity contribution in [1.82, 2.24) is 0 Å². The van der Waals surface area contributed by atoms with E-state index in [1.807, 2.05) is 0 Å². The van der Waals surface area contributed by atoms with Crippen molar-refractivity contribution in [2.24, 2.45) is 0 Å². The van der Waals surface area contributed by atoms with Crippen LogP contribution in [0.4, 0.5) is 10.1 Å². The molecule has 0 saturated carbocycles. The standard InChI is InChI=1S/C15H12Cl2FNO/c1-9-6-11(18)3-5-14(9)19-15(20)8-10-2-4-12(16)13(17)7-10/h2-7H,8H2,1H3,(H,19,20). The van der Waals surface area contributed by atoms with E-state index in [1.165, 1.54) is 18.2 Å². The van der Waals surface area contributed by atoms with Crippen LogP contribution in [0.25, 0.3) is 0 Å². The molecule has 2 aromatic carbocycles. The van der Waals surface area contributed by atoms with Gasteiger partial charge >= 0.3 is 0 Å². The lowest BCUT2D eigenvalue weighted by Gasteiger charge is -2.09. The first kappa shape index (κ1) is 14.8. The van der Waals surface area contributed by atoms with Gasteiger partial charge in [0.15, 0.2) is 0 Å². The third-order valence-electron chi connectivity index (χ3n) is 2.81. The molecule has 0 aliphatic rings. The highest BCUT2D eigenvalue weighted by Crippen LogP contribution is 2.23. The molecule has 0 bridgehead atoms. The van der Waals surface area contributed by atoms with E-state index >= 15 is 0 Å². The molecular weight excluding hydrogens is 300 g/mol. The van der Waals surface area contributed by atoms with Gasteiger partial charge in [-0.15, -0.1) is 0 Å². The fraction of sp³-hybridized carbons (Fsp3) is 0.133. The number of rotatable bonds is 3. The minimum Gasteiger partial charge on any atom is -0.326 e. The van der Waals surface area contributed by atoms with Gasteiger partial charge in [-0.25, -0.2) is 4.39 Å². The number of benzene rings is 2. The molecule has 1 amide bonds. The highest BCUT2D eigenvalue weighted by molar-refractivity contribution is 6.42. The van der Waals surface area contributed by atoms with Crippen LogP contribution in [0.3, 0.4) is 0 Å². The molecule has 20 heavy (non-hydrogen) atoms. The Labute approximate surface area is 126 Å². The molecule has 0 aliphatic carbocycles. The fourth-order valence-electron chi connectivity index (χ4n) is 1.80. The smallest absolute Gasteiger partial charge is 0.228 e. The molecule has 0 radical (unpaired) electrons. The molecule has 0 aliphatic heterocycles. The van der Waals surface area contributed by atoms with Crippen LogP contribution in [-0.4, -0.2) is 5.91 Å². The second-order valence-corrected chi connectivity index (χ2v) is 5.25. The largest absolute Gasteiger partial charge is 0.326 e. The van der Waals surface area contributed by atoms with Crippen LogP contribution in [0, 0.1) is 12.7 Å². The Morgan fingerprint density at radius 1 is 1.15 bits per heavy atom. The van der Waals surface area contributed by atoms with Gasteiger partial charge in [-0.05, 0) is 48.4 Å². The Hall–Kier alpha value is -1.58. The molecule has 0 fully saturated rings. The second kappa shape index (κ2) is 6.25. The van der Waals surface area contributed by atoms with Crippen molar-refractivity contribution in [1.29, 1.82) is 0 Å². The molecule has 0 atom stereocenters. The topological polar surface area (TPSA) is 29.1 Å². The molecule has 0 heterocycles. The fourth-order valence-corrected chi connectivity index (χ4v) is 2.12. The van der Waals surface area contributed by atoms with E-state index in [0.29, 0.717) is 21.3 Å². The van der Waals surface area contributed by atoms with Crippen LogP contribution in [0.1, 0.15) is 11.1 Å². The molecule has 104 valence electrons. The number of carbonyl (C=O) groups excluding carboxylic acids is 1. The van der Waals surface area contributed by atoms with E-state index in [0.717, 1.165) is 5.56 Å². The van der Waals surface area contributed by atoms with Gasteiger partial charge in [-0.2, -0.15) is 0 Å². The molecule has 0 spiro atoms. The number of amides is 1. The van der Waals surface area contributed by atoms with Gasteiger partial charge in [0.2, 0.25) is 5.91 Å². The van der Waals surface area contributed by atoms with E-state index in [9.17, 15) is 9.18 Å². The van der Waals surface area contributed by atoms with Crippen molar-refractivity contribution in [3.05, 3.63) is 63.4 Å². The summed E-state index contributed by atoms with van der Waals surface area (Å²) in [5, 5.41) is 3.60. The second-order valence-electron chi connectivity index (χ2n) is 4.43. The van der Waals surface area contributed by atoms with Gasteiger partial charge in [-0.3, -0.25) is 4.79 Å². The van der Waals surface area contributed by atoms with Gasteiger partial charge in [0.25, 0.3) is 0 Å². The van der Waals surface area contributed by atoms with Crippen LogP contribution in [0.5, 0.6) is 0 Å². The zero-order valence-corrected chi connectivity index (χ0v) is 12.2. The lowest BCUT2D eigenvalue weighted by atomic mass is 10.1. The lowest BCUT2D eigenvalue weighted by molar-refractivity contribution is -0.115. The summed E-state index contributed by atoms with van der Waals surface area (Å²) in [7, 11) is 0. The third-order valence-corrected chi connectivity index (χ3v) is 3.55. The van der Waals surface area contributed by atoms with Crippen LogP contribution in [-0.2, 0) is 11.2 Å². The monoisotopic (exact) mass is 311 g/mol. The number of hydrogen-bond acceptors (Lipinski definition) is 1. The summed E-state index contributed by atoms with van der Waals surface area (Å²) >= 11 is 11.7. The number of hydrogen-bond donors (Lipinski definition) is 1. The normalized spacial score (nSPS) is 10.4. The predicted octanol–water partition coefficient (Wildman–Crippen LogP) is 4.62. The summed E-state index contributed by atoms with van der Waals surface area (Å²) in [5.41, 5.74) is 2.03. The highest BCUT2D eigenvalue weighted by atomic mass is 35.5. The summed E-state index contributed by atoms with van der Waals surface area (Å²) in [6, 6.07) is 9.26. The highest BCUT2D eigenvalue weighted by Gasteiger charge is 2.08. The van der Waals surface area contributed by atoms with Crippen molar-refractivity contribution >= 4 is 34.8 Å². The lowest BCUT2D eigenvalue weighted by Crippen LogP contribution is -2.15. The summed E-state index contributed by atoms with van der Waals surface area (Å²) in [6.07, 6.45) is 0.174. The number of aryl methyl sites for hydroxylation is 1. The average Bonchev–Trinajstić information content (AvgIpc) is 2.37. The summed E-state index contributed by atoms with van der Waals surface area (Å²) in [4.78, 5) is 11.9. The first-order valence-electron chi connectivity index (χ1n) is 5.95. The Balaban J connectivity index is 2.07. The molecular formula is C15H12Cl2FNO. The molecule has 0 aromatic heterocycles. The van der Waals surface area contributed by atoms with Crippen molar-refractivity contribution in [3.63, 3.8) is 0 Å². The summed E-state index contributed by atoms with van der Waals surface area (Å²) in [5.74, 6) is -0.525. The average molecular weight is 312 g/mol. The van der Waals surface area contributed by atoms with Gasteiger partial charge in [0, 0.05) is 5.69 Å². The van der Waals surface area contributed by atoms with Gasteiger partial charge in [0.1, 0.15) is 5.82 Å². The zero-order chi connectivity index (χ0) is 14.7. The van der Waals surface area contributed by atoms with Crippen LogP contribution in [0.15, 0.2) is 36.4 Å². The molecule has 0 unspecified atom stereocenters. The molecule has 2 nitrogen and oxygen atoms in total. The zero-order valence-electron chi connectivity index (χ0n) is 10.7. The van der Waals surface area contributed by atoms with E-state index < -0.39 is 0 Å². The van der Waals surface area contributed by atoms with Gasteiger partial charge in [0.05, 0.1) is 16.5 Å². The number of nitrogens with one attached hydrogen (secondary N) is 1. The van der Waals surface area contributed by atoms with E-state index in [4.69, 9.17) is 23.2 Å². The predicted molar refractivity (Wildman–Crippen MR) is 79.9 cm³/mol. The van der Waals surface area contributed by atoms with Crippen molar-refractivity contribution in [2.45, 2.75) is 13.3 Å². The summed E-state index contributed by atoms with van der Waals surface area (Å²) < 4.78 is 13.0. The van der Waals surface area contributed by atoms with E-state index in [-0.39, 0.29) is 18.1 Å². The number of carbonyl (C=O) groups is 1. The minimum atomic E-state index is -0.329. The Morgan fingerprint density at radius 3 is 2.55 bits per heavy atom. The number of halogens is 3. The van der Waals surface area contributed by atoms with E-state index in [2.05, 4.69) is 5.32 Å². The van der Waals surface area contributed by atoms with Crippen molar-refractivity contribution in [3.8, 4) is 0 Å². The first-order valence-corrected chi connectivity index (χ1v) is 6.71. The first-order chi connectivity index (χ1) is 9.45. The van der Waals surface area contributed by atoms with Crippen molar-refractivity contribution < 1.29 is 9.18 Å². The van der Waals surface area contributed by atoms with Crippen LogP contribution < -0.4 is 5.32 Å². The Bertz CT molecular complexity index is 658. The van der Waals surface area contributed by atoms with Crippen LogP contribution in [0.2, 0.25) is 10.0 Å². The maximum Gasteiger partial charge on any atom is 0.228 e. The molecule has 1 N–H and O–H groups in total. The SMILES string of the molecule is Cc1cc(F)ccc1NC(=O)Cc1ccc(Cl)c(Cl)c1. The molecule has 0 saturated heterocycles. The quantitative estimate of drug-likeness (QED) is 0.880. The van der Waals surface area contributed by atoms with Crippen LogP contribution >= 0.6 is 23.2 Å². The maximum absolute atomic E-state index is 13.0. The van der Waals surface area contributed by atoms with E-state index in [1.54, 1.807) is 25.1 Å². The van der Waals surface area contributed by atoms with Gasteiger partial charge < -0.3 is 5.32 Å². The molecule has 2 aromatic rings. The van der Waals surface area contributed by atoms with Crippen molar-refractivity contribution in [2.75, 3.05) is 5.32 Å². The van der Waals surface area contributed by atoms with Gasteiger partial charge in [-0.1, -0.05) is 29.3 Å².